The summed E-state index contributed by atoms with van der Waals surface area (Å²) < 4.78 is 13.8. The molecular weight excluding hydrogens is 257 g/mol. The van der Waals surface area contributed by atoms with Crippen LogP contribution in [-0.4, -0.2) is 16.1 Å². The van der Waals surface area contributed by atoms with E-state index >= 15 is 0 Å². The Morgan fingerprint density at radius 1 is 1.17 bits per heavy atom. The molecule has 0 aliphatic heterocycles. The summed E-state index contributed by atoms with van der Waals surface area (Å²) in [6.07, 6.45) is 1.23. The first-order valence-corrected chi connectivity index (χ1v) is 5.49. The molecule has 1 N–H and O–H groups in total. The third kappa shape index (κ3) is 2.78. The highest BCUT2D eigenvalue weighted by Gasteiger charge is 2.10. The van der Waals surface area contributed by atoms with Gasteiger partial charge in [-0.25, -0.2) is 0 Å². The molecule has 2 aromatic carbocycles. The van der Waals surface area contributed by atoms with Crippen molar-refractivity contribution < 1.29 is 14.2 Å². The van der Waals surface area contributed by atoms with Gasteiger partial charge in [0.15, 0.2) is 12.0 Å². The Morgan fingerprint density at radius 3 is 2.44 bits per heavy atom. The highest BCUT2D eigenvalue weighted by molar-refractivity contribution is 6.30. The zero-order chi connectivity index (χ0) is 13.1. The smallest absolute Gasteiger partial charge is 0.252 e. The third-order valence-electron chi connectivity index (χ3n) is 2.31. The van der Waals surface area contributed by atoms with Crippen LogP contribution in [0, 0.1) is 11.0 Å². The Kier molecular flexibility index (Phi) is 3.48. The molecule has 18 heavy (non-hydrogen) atoms. The molecule has 0 aliphatic carbocycles. The van der Waals surface area contributed by atoms with Gasteiger partial charge in [0.25, 0.3) is 5.69 Å². The van der Waals surface area contributed by atoms with Gasteiger partial charge in [-0.3, -0.25) is 0 Å². The lowest BCUT2D eigenvalue weighted by atomic mass is 10.2. The van der Waals surface area contributed by atoms with Gasteiger partial charge < -0.3 is 10.3 Å². The van der Waals surface area contributed by atoms with E-state index in [9.17, 15) is 9.60 Å². The number of rotatable bonds is 2. The first-order valence-electron chi connectivity index (χ1n) is 5.11. The topological polar surface area (TPSA) is 46.3 Å². The second kappa shape index (κ2) is 5.06. The standard InChI is InChI=1S/C13H9ClFNO2/c14-10-3-1-9(2-4-10)8-16(18)13-6-5-11(17)7-12(13)15/h1-8,17H. The van der Waals surface area contributed by atoms with Crippen LogP contribution >= 0.6 is 11.6 Å². The molecule has 2 rings (SSSR count). The maximum Gasteiger partial charge on any atom is 0.252 e. The summed E-state index contributed by atoms with van der Waals surface area (Å²) in [5.74, 6) is -1.01. The summed E-state index contributed by atoms with van der Waals surface area (Å²) in [4.78, 5) is 0. The summed E-state index contributed by atoms with van der Waals surface area (Å²) in [7, 11) is 0. The Bertz CT molecular complexity index is 596. The number of halogens is 2. The van der Waals surface area contributed by atoms with Gasteiger partial charge in [-0.15, -0.1) is 0 Å². The van der Waals surface area contributed by atoms with Crippen molar-refractivity contribution in [1.29, 1.82) is 0 Å². The number of hydrogen-bond acceptors (Lipinski definition) is 2. The maximum absolute atomic E-state index is 13.4. The highest BCUT2D eigenvalue weighted by atomic mass is 35.5. The van der Waals surface area contributed by atoms with Crippen LogP contribution in [0.1, 0.15) is 5.56 Å². The fourth-order valence-electron chi connectivity index (χ4n) is 1.43. The average molecular weight is 266 g/mol. The van der Waals surface area contributed by atoms with E-state index in [1.54, 1.807) is 24.3 Å². The summed E-state index contributed by atoms with van der Waals surface area (Å²) in [6, 6.07) is 9.90. The molecule has 92 valence electrons. The number of hydrogen-bond donors (Lipinski definition) is 1. The monoisotopic (exact) mass is 265 g/mol. The molecule has 0 atom stereocenters. The van der Waals surface area contributed by atoms with E-state index in [1.165, 1.54) is 18.3 Å². The first kappa shape index (κ1) is 12.4. The Hall–Kier alpha value is -2.07. The van der Waals surface area contributed by atoms with E-state index in [2.05, 4.69) is 0 Å². The molecule has 0 radical (unpaired) electrons. The minimum Gasteiger partial charge on any atom is -0.618 e. The van der Waals surface area contributed by atoms with Crippen LogP contribution < -0.4 is 0 Å². The largest absolute Gasteiger partial charge is 0.618 e. The number of aromatic hydroxyl groups is 1. The van der Waals surface area contributed by atoms with Gasteiger partial charge in [-0.1, -0.05) is 11.6 Å². The summed E-state index contributed by atoms with van der Waals surface area (Å²) in [5, 5.41) is 21.3. The van der Waals surface area contributed by atoms with Gasteiger partial charge >= 0.3 is 0 Å². The van der Waals surface area contributed by atoms with E-state index in [0.29, 0.717) is 15.3 Å². The van der Waals surface area contributed by atoms with Gasteiger partial charge in [0.2, 0.25) is 0 Å². The van der Waals surface area contributed by atoms with Gasteiger partial charge in [-0.05, 0) is 30.3 Å². The molecule has 0 saturated heterocycles. The zero-order valence-electron chi connectivity index (χ0n) is 9.18. The van der Waals surface area contributed by atoms with Crippen molar-refractivity contribution in [3.8, 4) is 5.75 Å². The quantitative estimate of drug-likeness (QED) is 0.391. The molecule has 0 unspecified atom stereocenters. The van der Waals surface area contributed by atoms with Crippen molar-refractivity contribution >= 4 is 23.5 Å². The molecule has 0 spiro atoms. The third-order valence-corrected chi connectivity index (χ3v) is 2.56. The summed E-state index contributed by atoms with van der Waals surface area (Å²) >= 11 is 5.71. The molecule has 0 saturated carbocycles. The predicted octanol–water partition coefficient (Wildman–Crippen LogP) is 3.45. The van der Waals surface area contributed by atoms with E-state index in [1.807, 2.05) is 0 Å². The van der Waals surface area contributed by atoms with Crippen LogP contribution in [0.25, 0.3) is 0 Å². The molecule has 0 aliphatic rings. The number of phenolic OH excluding ortho intramolecular Hbond substituents is 1. The minimum atomic E-state index is -0.782. The van der Waals surface area contributed by atoms with E-state index in [0.717, 1.165) is 6.07 Å². The lowest BCUT2D eigenvalue weighted by Crippen LogP contribution is -2.00. The number of nitrogens with zero attached hydrogens (tertiary/aromatic N) is 1. The Labute approximate surface area is 108 Å². The van der Waals surface area contributed by atoms with Crippen LogP contribution in [-0.2, 0) is 0 Å². The summed E-state index contributed by atoms with van der Waals surface area (Å²) in [5.41, 5.74) is 0.435. The lowest BCUT2D eigenvalue weighted by Gasteiger charge is -2.04. The van der Waals surface area contributed by atoms with E-state index in [4.69, 9.17) is 16.7 Å². The highest BCUT2D eigenvalue weighted by Crippen LogP contribution is 2.21. The van der Waals surface area contributed by atoms with Crippen molar-refractivity contribution in [1.82, 2.24) is 0 Å². The molecule has 5 heteroatoms. The van der Waals surface area contributed by atoms with Gasteiger partial charge in [0.05, 0.1) is 0 Å². The van der Waals surface area contributed by atoms with Crippen molar-refractivity contribution in [3.63, 3.8) is 0 Å². The van der Waals surface area contributed by atoms with Crippen molar-refractivity contribution in [2.24, 2.45) is 0 Å². The maximum atomic E-state index is 13.4. The molecule has 0 heterocycles. The molecule has 0 fully saturated rings. The van der Waals surface area contributed by atoms with Crippen molar-refractivity contribution in [3.05, 3.63) is 64.1 Å². The molecule has 0 bridgehead atoms. The van der Waals surface area contributed by atoms with Crippen LogP contribution in [0.3, 0.4) is 0 Å². The first-order chi connectivity index (χ1) is 8.56. The summed E-state index contributed by atoms with van der Waals surface area (Å²) in [6.45, 7) is 0. The zero-order valence-corrected chi connectivity index (χ0v) is 9.93. The van der Waals surface area contributed by atoms with Gasteiger partial charge in [-0.2, -0.15) is 9.13 Å². The molecule has 2 aromatic rings. The molecule has 0 amide bonds. The van der Waals surface area contributed by atoms with Crippen LogP contribution in [0.4, 0.5) is 10.1 Å². The molecule has 3 nitrogen and oxygen atoms in total. The van der Waals surface area contributed by atoms with E-state index < -0.39 is 5.82 Å². The average Bonchev–Trinajstić information content (AvgIpc) is 2.32. The minimum absolute atomic E-state index is 0.164. The molecular formula is C13H9ClFNO2. The Balaban J connectivity index is 2.35. The second-order valence-corrected chi connectivity index (χ2v) is 4.08. The van der Waals surface area contributed by atoms with Crippen molar-refractivity contribution in [2.45, 2.75) is 0 Å². The Morgan fingerprint density at radius 2 is 1.83 bits per heavy atom. The van der Waals surface area contributed by atoms with E-state index in [-0.39, 0.29) is 11.4 Å². The lowest BCUT2D eigenvalue weighted by molar-refractivity contribution is -0.357. The number of phenols is 1. The fraction of sp³-hybridized carbons (Fsp3) is 0. The molecule has 0 aromatic heterocycles. The second-order valence-electron chi connectivity index (χ2n) is 3.64. The SMILES string of the molecule is [O-][N+](=Cc1ccc(Cl)cc1)c1ccc(O)cc1F. The normalized spacial score (nSPS) is 11.6. The van der Waals surface area contributed by atoms with Crippen LogP contribution in [0.2, 0.25) is 5.02 Å². The van der Waals surface area contributed by atoms with Crippen molar-refractivity contribution in [2.75, 3.05) is 0 Å². The number of benzene rings is 2. The van der Waals surface area contributed by atoms with Crippen LogP contribution in [0.5, 0.6) is 5.75 Å². The predicted molar refractivity (Wildman–Crippen MR) is 68.0 cm³/mol. The van der Waals surface area contributed by atoms with Crippen LogP contribution in [0.15, 0.2) is 42.5 Å². The van der Waals surface area contributed by atoms with Gasteiger partial charge in [0, 0.05) is 22.7 Å². The van der Waals surface area contributed by atoms with Gasteiger partial charge in [0.1, 0.15) is 5.75 Å². The fourth-order valence-corrected chi connectivity index (χ4v) is 1.55.